The van der Waals surface area contributed by atoms with E-state index in [0.717, 1.165) is 5.56 Å². The van der Waals surface area contributed by atoms with E-state index >= 15 is 0 Å². The van der Waals surface area contributed by atoms with Crippen molar-refractivity contribution in [1.29, 1.82) is 0 Å². The summed E-state index contributed by atoms with van der Waals surface area (Å²) in [5.74, 6) is -1.23. The number of hydrogen-bond donors (Lipinski definition) is 3. The molecule has 1 atom stereocenters. The van der Waals surface area contributed by atoms with Crippen molar-refractivity contribution in [3.8, 4) is 17.2 Å². The van der Waals surface area contributed by atoms with Crippen molar-refractivity contribution in [1.82, 2.24) is 10.3 Å². The zero-order valence-electron chi connectivity index (χ0n) is 16.6. The van der Waals surface area contributed by atoms with E-state index in [0.29, 0.717) is 17.9 Å². The van der Waals surface area contributed by atoms with Crippen LogP contribution in [0.3, 0.4) is 0 Å². The third kappa shape index (κ3) is 4.78. The summed E-state index contributed by atoms with van der Waals surface area (Å²) in [4.78, 5) is 28.7. The zero-order valence-corrected chi connectivity index (χ0v) is 16.6. The minimum Gasteiger partial charge on any atom is -0.504 e. The maximum atomic E-state index is 12.7. The number of ether oxygens (including phenoxy) is 1. The Morgan fingerprint density at radius 3 is 2.63 bits per heavy atom. The average molecular weight is 410 g/mol. The van der Waals surface area contributed by atoms with Crippen LogP contribution in [-0.4, -0.2) is 28.2 Å². The van der Waals surface area contributed by atoms with Crippen LogP contribution in [0.25, 0.3) is 0 Å². The molecule has 8 nitrogen and oxygen atoms in total. The van der Waals surface area contributed by atoms with Gasteiger partial charge in [0, 0.05) is 31.4 Å². The molecule has 0 bridgehead atoms. The van der Waals surface area contributed by atoms with Crippen LogP contribution in [0, 0.1) is 6.92 Å². The number of benzene rings is 1. The van der Waals surface area contributed by atoms with E-state index in [1.165, 1.54) is 25.3 Å². The van der Waals surface area contributed by atoms with Gasteiger partial charge in [0.2, 0.25) is 17.1 Å². The highest BCUT2D eigenvalue weighted by atomic mass is 16.5. The van der Waals surface area contributed by atoms with Crippen LogP contribution in [0.4, 0.5) is 0 Å². The molecule has 0 aliphatic heterocycles. The smallest absolute Gasteiger partial charge is 0.227 e. The molecule has 2 aromatic heterocycles. The summed E-state index contributed by atoms with van der Waals surface area (Å²) in [5, 5.41) is 23.0. The number of aromatic hydroxyl groups is 2. The fraction of sp³-hybridized carbons (Fsp3) is 0.227. The second kappa shape index (κ2) is 9.13. The van der Waals surface area contributed by atoms with Gasteiger partial charge >= 0.3 is 0 Å². The fourth-order valence-electron chi connectivity index (χ4n) is 3.09. The van der Waals surface area contributed by atoms with Crippen molar-refractivity contribution in [3.63, 3.8) is 0 Å². The lowest BCUT2D eigenvalue weighted by atomic mass is 9.91. The molecule has 3 aromatic rings. The predicted molar refractivity (Wildman–Crippen MR) is 109 cm³/mol. The molecular formula is C22H22N2O6. The van der Waals surface area contributed by atoms with Crippen molar-refractivity contribution in [2.24, 2.45) is 0 Å². The molecule has 3 rings (SSSR count). The first-order valence-corrected chi connectivity index (χ1v) is 9.25. The Labute approximate surface area is 172 Å². The van der Waals surface area contributed by atoms with Crippen molar-refractivity contribution in [3.05, 3.63) is 81.7 Å². The highest BCUT2D eigenvalue weighted by Crippen LogP contribution is 2.37. The SMILES string of the molecule is COc1cc([C@H](CC(=O)NCc2ccncc2)c2oc(C)cc(=O)c2O)ccc1O. The quantitative estimate of drug-likeness (QED) is 0.547. The van der Waals surface area contributed by atoms with E-state index < -0.39 is 17.1 Å². The highest BCUT2D eigenvalue weighted by Gasteiger charge is 2.26. The van der Waals surface area contributed by atoms with Gasteiger partial charge in [-0.3, -0.25) is 14.6 Å². The Hall–Kier alpha value is -3.81. The number of aryl methyl sites for hydroxylation is 1. The van der Waals surface area contributed by atoms with Crippen LogP contribution in [-0.2, 0) is 11.3 Å². The molecule has 1 aromatic carbocycles. The highest BCUT2D eigenvalue weighted by molar-refractivity contribution is 5.77. The molecule has 0 saturated carbocycles. The second-order valence-corrected chi connectivity index (χ2v) is 6.75. The molecule has 0 radical (unpaired) electrons. The van der Waals surface area contributed by atoms with E-state index in [9.17, 15) is 19.8 Å². The summed E-state index contributed by atoms with van der Waals surface area (Å²) in [6.45, 7) is 1.89. The summed E-state index contributed by atoms with van der Waals surface area (Å²) in [6.07, 6.45) is 3.16. The number of amides is 1. The molecule has 0 aliphatic rings. The van der Waals surface area contributed by atoms with Gasteiger partial charge in [-0.15, -0.1) is 0 Å². The van der Waals surface area contributed by atoms with E-state index in [1.54, 1.807) is 37.5 Å². The third-order valence-corrected chi connectivity index (χ3v) is 4.62. The normalized spacial score (nSPS) is 11.7. The monoisotopic (exact) mass is 410 g/mol. The standard InChI is InChI=1S/C22H22N2O6/c1-13-9-18(26)21(28)22(30-13)16(15-3-4-17(25)19(10-15)29-2)11-20(27)24-12-14-5-7-23-8-6-14/h3-10,16,25,28H,11-12H2,1-2H3,(H,24,27)/t16-/m0/s1. The molecule has 2 heterocycles. The molecule has 30 heavy (non-hydrogen) atoms. The maximum Gasteiger partial charge on any atom is 0.227 e. The van der Waals surface area contributed by atoms with Gasteiger partial charge in [-0.05, 0) is 42.3 Å². The number of aromatic nitrogens is 1. The first kappa shape index (κ1) is 20.9. The third-order valence-electron chi connectivity index (χ3n) is 4.62. The van der Waals surface area contributed by atoms with Gasteiger partial charge in [-0.2, -0.15) is 0 Å². The van der Waals surface area contributed by atoms with Gasteiger partial charge in [-0.1, -0.05) is 6.07 Å². The molecule has 0 fully saturated rings. The average Bonchev–Trinajstić information content (AvgIpc) is 2.74. The number of hydrogen-bond acceptors (Lipinski definition) is 7. The maximum absolute atomic E-state index is 12.7. The van der Waals surface area contributed by atoms with Crippen LogP contribution in [0.5, 0.6) is 17.2 Å². The molecular weight excluding hydrogens is 388 g/mol. The first-order chi connectivity index (χ1) is 14.4. The van der Waals surface area contributed by atoms with Crippen molar-refractivity contribution in [2.45, 2.75) is 25.8 Å². The van der Waals surface area contributed by atoms with E-state index in [4.69, 9.17) is 9.15 Å². The van der Waals surface area contributed by atoms with Gasteiger partial charge in [0.05, 0.1) is 13.0 Å². The van der Waals surface area contributed by atoms with E-state index in [-0.39, 0.29) is 29.6 Å². The number of nitrogens with one attached hydrogen (secondary N) is 1. The van der Waals surface area contributed by atoms with Crippen molar-refractivity contribution < 1.29 is 24.2 Å². The summed E-state index contributed by atoms with van der Waals surface area (Å²) in [7, 11) is 1.40. The summed E-state index contributed by atoms with van der Waals surface area (Å²) >= 11 is 0. The zero-order chi connectivity index (χ0) is 21.7. The first-order valence-electron chi connectivity index (χ1n) is 9.25. The van der Waals surface area contributed by atoms with Crippen molar-refractivity contribution in [2.75, 3.05) is 7.11 Å². The number of nitrogens with zero attached hydrogens (tertiary/aromatic N) is 1. The van der Waals surface area contributed by atoms with Gasteiger partial charge in [0.15, 0.2) is 17.3 Å². The molecule has 0 aliphatic carbocycles. The van der Waals surface area contributed by atoms with Gasteiger partial charge < -0.3 is 24.7 Å². The molecule has 8 heteroatoms. The minimum absolute atomic E-state index is 0.0215. The van der Waals surface area contributed by atoms with E-state index in [2.05, 4.69) is 10.3 Å². The Kier molecular flexibility index (Phi) is 6.36. The topological polar surface area (TPSA) is 122 Å². The molecule has 3 N–H and O–H groups in total. The number of phenolic OH excluding ortho intramolecular Hbond substituents is 1. The van der Waals surface area contributed by atoms with Crippen LogP contribution < -0.4 is 15.5 Å². The Bertz CT molecular complexity index is 1090. The van der Waals surface area contributed by atoms with Gasteiger partial charge in [-0.25, -0.2) is 0 Å². The number of phenols is 1. The summed E-state index contributed by atoms with van der Waals surface area (Å²) in [5.41, 5.74) is 0.820. The largest absolute Gasteiger partial charge is 0.504 e. The Balaban J connectivity index is 1.94. The molecule has 0 spiro atoms. The fourth-order valence-corrected chi connectivity index (χ4v) is 3.09. The number of pyridine rings is 1. The lowest BCUT2D eigenvalue weighted by molar-refractivity contribution is -0.121. The lowest BCUT2D eigenvalue weighted by Gasteiger charge is -2.19. The number of carbonyl (C=O) groups excluding carboxylic acids is 1. The van der Waals surface area contributed by atoms with Gasteiger partial charge in [0.25, 0.3) is 0 Å². The van der Waals surface area contributed by atoms with Gasteiger partial charge in [0.1, 0.15) is 5.76 Å². The van der Waals surface area contributed by atoms with E-state index in [1.807, 2.05) is 0 Å². The number of methoxy groups -OCH3 is 1. The number of carbonyl (C=O) groups is 1. The molecule has 1 amide bonds. The Morgan fingerprint density at radius 1 is 1.20 bits per heavy atom. The van der Waals surface area contributed by atoms with Crippen molar-refractivity contribution >= 4 is 5.91 Å². The second-order valence-electron chi connectivity index (χ2n) is 6.75. The van der Waals surface area contributed by atoms with Crippen LogP contribution in [0.15, 0.2) is 58.0 Å². The van der Waals surface area contributed by atoms with Crippen LogP contribution in [0.2, 0.25) is 0 Å². The molecule has 0 saturated heterocycles. The predicted octanol–water partition coefficient (Wildman–Crippen LogP) is 2.60. The number of rotatable bonds is 7. The lowest BCUT2D eigenvalue weighted by Crippen LogP contribution is -2.25. The summed E-state index contributed by atoms with van der Waals surface area (Å²) < 4.78 is 10.8. The van der Waals surface area contributed by atoms with Crippen LogP contribution >= 0.6 is 0 Å². The summed E-state index contributed by atoms with van der Waals surface area (Å²) in [6, 6.07) is 9.29. The van der Waals surface area contributed by atoms with Crippen LogP contribution in [0.1, 0.15) is 35.0 Å². The minimum atomic E-state index is -0.774. The molecule has 156 valence electrons. The Morgan fingerprint density at radius 2 is 1.93 bits per heavy atom. The molecule has 0 unspecified atom stereocenters.